The zero-order valence-electron chi connectivity index (χ0n) is 9.94. The van der Waals surface area contributed by atoms with Crippen molar-refractivity contribution in [1.29, 1.82) is 0 Å². The summed E-state index contributed by atoms with van der Waals surface area (Å²) in [7, 11) is 6.16. The fourth-order valence-corrected chi connectivity index (χ4v) is 1.72. The van der Waals surface area contributed by atoms with Crippen molar-refractivity contribution in [3.63, 3.8) is 0 Å². The molecule has 0 atom stereocenters. The van der Waals surface area contributed by atoms with Gasteiger partial charge >= 0.3 is 11.9 Å². The first-order valence-corrected chi connectivity index (χ1v) is 4.80. The summed E-state index contributed by atoms with van der Waals surface area (Å²) in [5, 5.41) is 0. The van der Waals surface area contributed by atoms with Gasteiger partial charge in [-0.2, -0.15) is 0 Å². The molecule has 1 aliphatic rings. The van der Waals surface area contributed by atoms with Crippen LogP contribution in [-0.4, -0.2) is 63.3 Å². The highest BCUT2D eigenvalue weighted by atomic mass is 16.5. The topological polar surface area (TPSA) is 59.1 Å². The van der Waals surface area contributed by atoms with Gasteiger partial charge in [0.15, 0.2) is 0 Å². The molecule has 0 aromatic heterocycles. The Labute approximate surface area is 94.4 Å². The van der Waals surface area contributed by atoms with Crippen LogP contribution in [0.25, 0.3) is 0 Å². The third-order valence-electron chi connectivity index (χ3n) is 2.36. The first kappa shape index (κ1) is 12.5. The number of likely N-dealkylation sites (N-methyl/N-ethyl adjacent to an activating group) is 2. The molecule has 0 radical (unpaired) electrons. The van der Waals surface area contributed by atoms with Crippen molar-refractivity contribution in [3.8, 4) is 0 Å². The lowest BCUT2D eigenvalue weighted by Crippen LogP contribution is -2.44. The van der Waals surface area contributed by atoms with Gasteiger partial charge in [-0.3, -0.25) is 4.90 Å². The average molecular weight is 228 g/mol. The molecule has 1 heterocycles. The molecule has 0 spiro atoms. The molecule has 0 fully saturated rings. The molecule has 0 saturated carbocycles. The van der Waals surface area contributed by atoms with Crippen molar-refractivity contribution in [1.82, 2.24) is 9.80 Å². The van der Waals surface area contributed by atoms with Crippen LogP contribution >= 0.6 is 0 Å². The Balaban J connectivity index is 3.15. The normalized spacial score (nSPS) is 17.4. The van der Waals surface area contributed by atoms with E-state index >= 15 is 0 Å². The third-order valence-corrected chi connectivity index (χ3v) is 2.36. The lowest BCUT2D eigenvalue weighted by molar-refractivity contribution is -0.141. The molecule has 0 saturated heterocycles. The molecule has 0 bridgehead atoms. The second-order valence-corrected chi connectivity index (χ2v) is 3.66. The molecule has 6 heteroatoms. The van der Waals surface area contributed by atoms with E-state index in [0.29, 0.717) is 18.8 Å². The highest BCUT2D eigenvalue weighted by molar-refractivity contribution is 6.00. The Morgan fingerprint density at radius 3 is 2.19 bits per heavy atom. The van der Waals surface area contributed by atoms with E-state index in [1.165, 1.54) is 14.2 Å². The second-order valence-electron chi connectivity index (χ2n) is 3.66. The van der Waals surface area contributed by atoms with E-state index in [1.807, 2.05) is 11.9 Å². The highest BCUT2D eigenvalue weighted by Crippen LogP contribution is 2.18. The Morgan fingerprint density at radius 1 is 1.12 bits per heavy atom. The number of carbonyl (C=O) groups is 2. The Hall–Kier alpha value is -1.56. The monoisotopic (exact) mass is 228 g/mol. The predicted molar refractivity (Wildman–Crippen MR) is 56.3 cm³/mol. The molecule has 0 N–H and O–H groups in total. The Kier molecular flexibility index (Phi) is 3.89. The van der Waals surface area contributed by atoms with E-state index in [0.717, 1.165) is 0 Å². The standard InChI is InChI=1S/C10H16N2O4/c1-11-5-7(9(13)15-3)8(10(14)16-4)12(2)6-11/h5-6H2,1-4H3. The Morgan fingerprint density at radius 2 is 1.69 bits per heavy atom. The van der Waals surface area contributed by atoms with Crippen LogP contribution in [0.15, 0.2) is 11.3 Å². The summed E-state index contributed by atoms with van der Waals surface area (Å²) >= 11 is 0. The number of carbonyl (C=O) groups excluding carboxylic acids is 2. The van der Waals surface area contributed by atoms with Gasteiger partial charge in [0.2, 0.25) is 0 Å². The molecule has 1 rings (SSSR count). The maximum atomic E-state index is 11.6. The molecular formula is C10H16N2O4. The van der Waals surface area contributed by atoms with Gasteiger partial charge in [-0.05, 0) is 7.05 Å². The van der Waals surface area contributed by atoms with Crippen LogP contribution < -0.4 is 0 Å². The van der Waals surface area contributed by atoms with Crippen molar-refractivity contribution in [2.24, 2.45) is 0 Å². The third kappa shape index (κ3) is 2.33. The van der Waals surface area contributed by atoms with Crippen molar-refractivity contribution in [2.75, 3.05) is 41.5 Å². The van der Waals surface area contributed by atoms with Gasteiger partial charge in [-0.15, -0.1) is 0 Å². The van der Waals surface area contributed by atoms with Gasteiger partial charge < -0.3 is 14.4 Å². The summed E-state index contributed by atoms with van der Waals surface area (Å²) in [5.74, 6) is -1.02. The quantitative estimate of drug-likeness (QED) is 0.589. The van der Waals surface area contributed by atoms with Crippen molar-refractivity contribution < 1.29 is 19.1 Å². The zero-order chi connectivity index (χ0) is 12.3. The van der Waals surface area contributed by atoms with E-state index in [4.69, 9.17) is 0 Å². The number of rotatable bonds is 2. The fourth-order valence-electron chi connectivity index (χ4n) is 1.72. The van der Waals surface area contributed by atoms with Crippen LogP contribution in [-0.2, 0) is 19.1 Å². The van der Waals surface area contributed by atoms with E-state index in [9.17, 15) is 9.59 Å². The van der Waals surface area contributed by atoms with Crippen molar-refractivity contribution >= 4 is 11.9 Å². The second kappa shape index (κ2) is 4.98. The molecule has 1 aliphatic heterocycles. The minimum Gasteiger partial charge on any atom is -0.466 e. The first-order chi connectivity index (χ1) is 7.51. The minimum atomic E-state index is -0.518. The number of nitrogens with zero attached hydrogens (tertiary/aromatic N) is 2. The summed E-state index contributed by atoms with van der Waals surface area (Å²) in [6.07, 6.45) is 0. The zero-order valence-corrected chi connectivity index (χ0v) is 9.94. The largest absolute Gasteiger partial charge is 0.466 e. The first-order valence-electron chi connectivity index (χ1n) is 4.80. The molecule has 0 amide bonds. The Bertz CT molecular complexity index is 338. The smallest absolute Gasteiger partial charge is 0.354 e. The minimum absolute atomic E-state index is 0.271. The summed E-state index contributed by atoms with van der Waals surface area (Å²) in [4.78, 5) is 26.7. The van der Waals surface area contributed by atoms with Crippen LogP contribution in [0.5, 0.6) is 0 Å². The predicted octanol–water partition coefficient (Wildman–Crippen LogP) is -0.579. The average Bonchev–Trinajstić information content (AvgIpc) is 2.26. The lowest BCUT2D eigenvalue weighted by Gasteiger charge is -2.33. The number of methoxy groups -OCH3 is 2. The number of hydrogen-bond acceptors (Lipinski definition) is 6. The SMILES string of the molecule is COC(=O)C1=C(C(=O)OC)N(C)CN(C)C1. The summed E-state index contributed by atoms with van der Waals surface area (Å²) in [5.41, 5.74) is 0.595. The van der Waals surface area contributed by atoms with Gasteiger partial charge in [-0.1, -0.05) is 0 Å². The van der Waals surface area contributed by atoms with Crippen LogP contribution in [0.4, 0.5) is 0 Å². The molecule has 0 aliphatic carbocycles. The van der Waals surface area contributed by atoms with E-state index in [2.05, 4.69) is 9.47 Å². The molecule has 0 unspecified atom stereocenters. The van der Waals surface area contributed by atoms with Gasteiger partial charge in [0.1, 0.15) is 5.70 Å². The molecule has 0 aromatic rings. The fraction of sp³-hybridized carbons (Fsp3) is 0.600. The van der Waals surface area contributed by atoms with Gasteiger partial charge in [-0.25, -0.2) is 9.59 Å². The molecule has 90 valence electrons. The highest BCUT2D eigenvalue weighted by Gasteiger charge is 2.30. The van der Waals surface area contributed by atoms with Crippen LogP contribution in [0.3, 0.4) is 0 Å². The van der Waals surface area contributed by atoms with Crippen molar-refractivity contribution in [2.45, 2.75) is 0 Å². The van der Waals surface area contributed by atoms with E-state index in [-0.39, 0.29) is 5.70 Å². The summed E-state index contributed by atoms with van der Waals surface area (Å²) < 4.78 is 9.31. The maximum Gasteiger partial charge on any atom is 0.354 e. The maximum absolute atomic E-state index is 11.6. The lowest BCUT2D eigenvalue weighted by atomic mass is 10.1. The number of esters is 2. The summed E-state index contributed by atoms with van der Waals surface area (Å²) in [6.45, 7) is 0.937. The van der Waals surface area contributed by atoms with E-state index < -0.39 is 11.9 Å². The molecule has 6 nitrogen and oxygen atoms in total. The summed E-state index contributed by atoms with van der Waals surface area (Å²) in [6, 6.07) is 0. The number of ether oxygens (including phenoxy) is 2. The molecule has 0 aromatic carbocycles. The molecule has 16 heavy (non-hydrogen) atoms. The van der Waals surface area contributed by atoms with Gasteiger partial charge in [0, 0.05) is 13.6 Å². The van der Waals surface area contributed by atoms with Crippen LogP contribution in [0.1, 0.15) is 0 Å². The van der Waals surface area contributed by atoms with Crippen molar-refractivity contribution in [3.05, 3.63) is 11.3 Å². The van der Waals surface area contributed by atoms with Gasteiger partial charge in [0.05, 0.1) is 26.5 Å². The molecular weight excluding hydrogens is 212 g/mol. The van der Waals surface area contributed by atoms with Gasteiger partial charge in [0.25, 0.3) is 0 Å². The van der Waals surface area contributed by atoms with E-state index in [1.54, 1.807) is 11.9 Å². The van der Waals surface area contributed by atoms with Crippen LogP contribution in [0.2, 0.25) is 0 Å². The van der Waals surface area contributed by atoms with Crippen LogP contribution in [0, 0.1) is 0 Å². The number of hydrogen-bond donors (Lipinski definition) is 0.